The average Bonchev–Trinajstić information content (AvgIpc) is 3.27. The summed E-state index contributed by atoms with van der Waals surface area (Å²) in [5.74, 6) is 2.23. The monoisotopic (exact) mass is 437 g/mol. The Morgan fingerprint density at radius 2 is 1.81 bits per heavy atom. The molecular weight excluding hydrogens is 406 g/mol. The topological polar surface area (TPSA) is 75.8 Å². The fourth-order valence-corrected chi connectivity index (χ4v) is 4.44. The van der Waals surface area contributed by atoms with Crippen LogP contribution in [0.4, 0.5) is 4.79 Å². The molecule has 0 radical (unpaired) electrons. The van der Waals surface area contributed by atoms with Gasteiger partial charge in [-0.15, -0.1) is 0 Å². The number of aromatic nitrogens is 1. The molecule has 32 heavy (non-hydrogen) atoms. The molecule has 1 aromatic heterocycles. The van der Waals surface area contributed by atoms with Gasteiger partial charge in [0.1, 0.15) is 0 Å². The van der Waals surface area contributed by atoms with E-state index in [2.05, 4.69) is 34.7 Å². The maximum absolute atomic E-state index is 12.8. The lowest BCUT2D eigenvalue weighted by Crippen LogP contribution is -2.43. The van der Waals surface area contributed by atoms with Crippen LogP contribution in [-0.2, 0) is 6.54 Å². The van der Waals surface area contributed by atoms with Crippen LogP contribution in [0.3, 0.4) is 0 Å². The van der Waals surface area contributed by atoms with Gasteiger partial charge in [-0.2, -0.15) is 0 Å². The van der Waals surface area contributed by atoms with Crippen LogP contribution in [-0.4, -0.2) is 49.8 Å². The molecule has 7 heteroatoms. The number of carbonyl (C=O) groups excluding carboxylic acids is 1. The standard InChI is InChI=1S/C25H31N3O4/c1-4-32-24-22(30-2)13-17(14-23(24)31-3)15-27-25(29)28-11-9-18(10-12-28)20-16-26-21-8-6-5-7-19(20)21/h5-8,13-14,16,18,26H,4,9-12,15H2,1-3H3,(H,27,29). The first-order chi connectivity index (χ1) is 15.6. The third-order valence-corrected chi connectivity index (χ3v) is 6.10. The summed E-state index contributed by atoms with van der Waals surface area (Å²) in [6, 6.07) is 12.1. The number of amides is 2. The minimum absolute atomic E-state index is 0.0470. The number of rotatable bonds is 7. The fourth-order valence-electron chi connectivity index (χ4n) is 4.44. The van der Waals surface area contributed by atoms with E-state index in [0.29, 0.717) is 36.3 Å². The number of methoxy groups -OCH3 is 2. The second-order valence-electron chi connectivity index (χ2n) is 7.97. The molecule has 0 bridgehead atoms. The highest BCUT2D eigenvalue weighted by atomic mass is 16.5. The molecule has 7 nitrogen and oxygen atoms in total. The Kier molecular flexibility index (Phi) is 6.73. The van der Waals surface area contributed by atoms with Crippen molar-refractivity contribution < 1.29 is 19.0 Å². The number of carbonyl (C=O) groups is 1. The van der Waals surface area contributed by atoms with Crippen LogP contribution in [0.25, 0.3) is 10.9 Å². The molecule has 1 saturated heterocycles. The minimum atomic E-state index is -0.0470. The smallest absolute Gasteiger partial charge is 0.317 e. The molecule has 2 amide bonds. The summed E-state index contributed by atoms with van der Waals surface area (Å²) in [5, 5.41) is 4.32. The zero-order chi connectivity index (χ0) is 22.5. The lowest BCUT2D eigenvalue weighted by atomic mass is 9.89. The Hall–Kier alpha value is -3.35. The van der Waals surface area contributed by atoms with Gasteiger partial charge in [0.15, 0.2) is 11.5 Å². The number of aromatic amines is 1. The Bertz CT molecular complexity index is 1040. The second-order valence-corrected chi connectivity index (χ2v) is 7.97. The highest BCUT2D eigenvalue weighted by Crippen LogP contribution is 2.38. The average molecular weight is 438 g/mol. The van der Waals surface area contributed by atoms with E-state index in [4.69, 9.17) is 14.2 Å². The first-order valence-electron chi connectivity index (χ1n) is 11.1. The SMILES string of the molecule is CCOc1c(OC)cc(CNC(=O)N2CCC(c3c[nH]c4ccccc34)CC2)cc1OC. The number of nitrogens with zero attached hydrogens (tertiary/aromatic N) is 1. The van der Waals surface area contributed by atoms with Crippen LogP contribution < -0.4 is 19.5 Å². The Balaban J connectivity index is 1.35. The van der Waals surface area contributed by atoms with E-state index in [-0.39, 0.29) is 6.03 Å². The summed E-state index contributed by atoms with van der Waals surface area (Å²) in [4.78, 5) is 18.0. The van der Waals surface area contributed by atoms with Gasteiger partial charge in [-0.25, -0.2) is 4.79 Å². The molecule has 0 saturated carbocycles. The largest absolute Gasteiger partial charge is 0.493 e. The van der Waals surface area contributed by atoms with Gasteiger partial charge in [-0.05, 0) is 55.0 Å². The van der Waals surface area contributed by atoms with Gasteiger partial charge in [-0.1, -0.05) is 18.2 Å². The van der Waals surface area contributed by atoms with Crippen LogP contribution in [0.1, 0.15) is 36.8 Å². The molecular formula is C25H31N3O4. The molecule has 1 fully saturated rings. The van der Waals surface area contributed by atoms with E-state index in [1.807, 2.05) is 30.0 Å². The predicted octanol–water partition coefficient (Wildman–Crippen LogP) is 4.67. The van der Waals surface area contributed by atoms with Gasteiger partial charge >= 0.3 is 6.03 Å². The number of likely N-dealkylation sites (tertiary alicyclic amines) is 1. The van der Waals surface area contributed by atoms with Crippen molar-refractivity contribution in [2.45, 2.75) is 32.2 Å². The van der Waals surface area contributed by atoms with Gasteiger partial charge in [0.25, 0.3) is 0 Å². The van der Waals surface area contributed by atoms with Crippen molar-refractivity contribution in [3.05, 3.63) is 53.7 Å². The van der Waals surface area contributed by atoms with Crippen molar-refractivity contribution in [2.24, 2.45) is 0 Å². The van der Waals surface area contributed by atoms with Crippen molar-refractivity contribution in [3.63, 3.8) is 0 Å². The van der Waals surface area contributed by atoms with Gasteiger partial charge in [0, 0.05) is 36.7 Å². The van der Waals surface area contributed by atoms with Crippen molar-refractivity contribution >= 4 is 16.9 Å². The first kappa shape index (κ1) is 21.9. The van der Waals surface area contributed by atoms with Crippen LogP contribution in [0.15, 0.2) is 42.6 Å². The number of urea groups is 1. The number of hydrogen-bond acceptors (Lipinski definition) is 4. The van der Waals surface area contributed by atoms with E-state index in [0.717, 1.165) is 31.5 Å². The fraction of sp³-hybridized carbons (Fsp3) is 0.400. The normalized spacial score (nSPS) is 14.4. The predicted molar refractivity (Wildman–Crippen MR) is 125 cm³/mol. The van der Waals surface area contributed by atoms with Crippen LogP contribution >= 0.6 is 0 Å². The van der Waals surface area contributed by atoms with Crippen molar-refractivity contribution in [3.8, 4) is 17.2 Å². The van der Waals surface area contributed by atoms with E-state index in [1.54, 1.807) is 14.2 Å². The van der Waals surface area contributed by atoms with E-state index in [9.17, 15) is 4.79 Å². The highest BCUT2D eigenvalue weighted by Gasteiger charge is 2.25. The summed E-state index contributed by atoms with van der Waals surface area (Å²) >= 11 is 0. The van der Waals surface area contributed by atoms with Crippen molar-refractivity contribution in [2.75, 3.05) is 33.9 Å². The second kappa shape index (κ2) is 9.85. The third kappa shape index (κ3) is 4.47. The Morgan fingerprint density at radius 1 is 1.12 bits per heavy atom. The van der Waals surface area contributed by atoms with E-state index in [1.165, 1.54) is 16.5 Å². The summed E-state index contributed by atoms with van der Waals surface area (Å²) in [6.45, 7) is 4.30. The minimum Gasteiger partial charge on any atom is -0.493 e. The van der Waals surface area contributed by atoms with E-state index < -0.39 is 0 Å². The molecule has 3 aromatic rings. The number of nitrogens with one attached hydrogen (secondary N) is 2. The van der Waals surface area contributed by atoms with Gasteiger partial charge in [0.2, 0.25) is 5.75 Å². The summed E-state index contributed by atoms with van der Waals surface area (Å²) < 4.78 is 16.5. The van der Waals surface area contributed by atoms with Gasteiger partial charge in [-0.3, -0.25) is 0 Å². The van der Waals surface area contributed by atoms with Crippen LogP contribution in [0.5, 0.6) is 17.2 Å². The zero-order valence-corrected chi connectivity index (χ0v) is 18.9. The van der Waals surface area contributed by atoms with E-state index >= 15 is 0 Å². The maximum Gasteiger partial charge on any atom is 0.317 e. The number of ether oxygens (including phenoxy) is 3. The Labute approximate surface area is 188 Å². The van der Waals surface area contributed by atoms with Gasteiger partial charge < -0.3 is 29.4 Å². The molecule has 2 N–H and O–H groups in total. The molecule has 1 aliphatic rings. The number of hydrogen-bond donors (Lipinski definition) is 2. The molecule has 4 rings (SSSR count). The maximum atomic E-state index is 12.8. The number of fused-ring (bicyclic) bond motifs is 1. The number of H-pyrrole nitrogens is 1. The molecule has 1 aliphatic heterocycles. The highest BCUT2D eigenvalue weighted by molar-refractivity contribution is 5.83. The number of benzene rings is 2. The van der Waals surface area contributed by atoms with Crippen molar-refractivity contribution in [1.29, 1.82) is 0 Å². The molecule has 170 valence electrons. The lowest BCUT2D eigenvalue weighted by molar-refractivity contribution is 0.181. The summed E-state index contributed by atoms with van der Waals surface area (Å²) in [7, 11) is 3.19. The molecule has 0 unspecified atom stereocenters. The first-order valence-corrected chi connectivity index (χ1v) is 11.1. The Morgan fingerprint density at radius 3 is 2.47 bits per heavy atom. The van der Waals surface area contributed by atoms with Crippen LogP contribution in [0, 0.1) is 0 Å². The van der Waals surface area contributed by atoms with Gasteiger partial charge in [0.05, 0.1) is 20.8 Å². The zero-order valence-electron chi connectivity index (χ0n) is 18.9. The molecule has 2 aromatic carbocycles. The lowest BCUT2D eigenvalue weighted by Gasteiger charge is -2.32. The van der Waals surface area contributed by atoms with Crippen LogP contribution in [0.2, 0.25) is 0 Å². The number of piperidine rings is 1. The molecule has 0 spiro atoms. The summed E-state index contributed by atoms with van der Waals surface area (Å²) in [6.07, 6.45) is 4.04. The third-order valence-electron chi connectivity index (χ3n) is 6.10. The molecule has 0 aliphatic carbocycles. The summed E-state index contributed by atoms with van der Waals surface area (Å²) in [5.41, 5.74) is 3.42. The molecule has 2 heterocycles. The van der Waals surface area contributed by atoms with Crippen molar-refractivity contribution in [1.82, 2.24) is 15.2 Å². The number of para-hydroxylation sites is 1. The quantitative estimate of drug-likeness (QED) is 0.563. The molecule has 0 atom stereocenters.